The van der Waals surface area contributed by atoms with Gasteiger partial charge in [-0.05, 0) is 86.6 Å². The Morgan fingerprint density at radius 3 is 2.53 bits per heavy atom. The molecule has 4 rings (SSSR count). The van der Waals surface area contributed by atoms with Gasteiger partial charge < -0.3 is 14.8 Å². The van der Waals surface area contributed by atoms with Crippen LogP contribution < -0.4 is 10.1 Å². The lowest BCUT2D eigenvalue weighted by Gasteiger charge is -2.23. The van der Waals surface area contributed by atoms with E-state index >= 15 is 0 Å². The molecule has 2 aromatic carbocycles. The first kappa shape index (κ1) is 24.3. The average molecular weight is 528 g/mol. The van der Waals surface area contributed by atoms with Gasteiger partial charge in [0.25, 0.3) is 0 Å². The summed E-state index contributed by atoms with van der Waals surface area (Å²) in [5.41, 5.74) is 1.97. The van der Waals surface area contributed by atoms with Crippen LogP contribution in [-0.2, 0) is 9.53 Å². The van der Waals surface area contributed by atoms with Crippen LogP contribution in [0, 0.1) is 0 Å². The molecule has 0 unspecified atom stereocenters. The van der Waals surface area contributed by atoms with Crippen molar-refractivity contribution in [3.63, 3.8) is 0 Å². The minimum Gasteiger partial charge on any atom is -0.489 e. The van der Waals surface area contributed by atoms with Crippen molar-refractivity contribution in [3.05, 3.63) is 40.9 Å². The van der Waals surface area contributed by atoms with E-state index < -0.39 is 11.7 Å². The summed E-state index contributed by atoms with van der Waals surface area (Å²) in [5, 5.41) is 8.21. The fourth-order valence-corrected chi connectivity index (χ4v) is 4.60. The predicted molar refractivity (Wildman–Crippen MR) is 136 cm³/mol. The zero-order valence-electron chi connectivity index (χ0n) is 20.0. The summed E-state index contributed by atoms with van der Waals surface area (Å²) < 4.78 is 14.0. The first-order chi connectivity index (χ1) is 16.1. The summed E-state index contributed by atoms with van der Waals surface area (Å²) in [6.45, 7) is 6.92. The summed E-state index contributed by atoms with van der Waals surface area (Å²) in [5.74, 6) is 0.566. The van der Waals surface area contributed by atoms with E-state index in [1.165, 1.54) is 30.9 Å². The molecule has 1 saturated carbocycles. The molecular formula is C26H30BrN3O4. The smallest absolute Gasteiger partial charge is 0.435 e. The molecule has 180 valence electrons. The molecule has 0 atom stereocenters. The molecule has 0 spiro atoms. The number of halogens is 1. The topological polar surface area (TPSA) is 82.5 Å². The van der Waals surface area contributed by atoms with Crippen molar-refractivity contribution in [1.29, 1.82) is 0 Å². The van der Waals surface area contributed by atoms with Gasteiger partial charge in [0.05, 0.1) is 16.1 Å². The molecule has 1 N–H and O–H groups in total. The Kier molecular flexibility index (Phi) is 6.98. The van der Waals surface area contributed by atoms with Crippen LogP contribution in [0.1, 0.15) is 59.8 Å². The van der Waals surface area contributed by atoms with Crippen LogP contribution in [0.4, 0.5) is 10.5 Å². The molecule has 0 radical (unpaired) electrons. The highest BCUT2D eigenvalue weighted by Gasteiger charge is 2.25. The fraction of sp³-hybridized carbons (Fsp3) is 0.423. The minimum atomic E-state index is -0.665. The molecule has 34 heavy (non-hydrogen) atoms. The maximum Gasteiger partial charge on any atom is 0.435 e. The Morgan fingerprint density at radius 2 is 1.85 bits per heavy atom. The van der Waals surface area contributed by atoms with Crippen LogP contribution in [0.5, 0.6) is 5.75 Å². The largest absolute Gasteiger partial charge is 0.489 e. The molecule has 1 aliphatic carbocycles. The summed E-state index contributed by atoms with van der Waals surface area (Å²) in [7, 11) is 0. The highest BCUT2D eigenvalue weighted by atomic mass is 79.9. The zero-order valence-corrected chi connectivity index (χ0v) is 21.6. The Bertz CT molecular complexity index is 1220. The lowest BCUT2D eigenvalue weighted by molar-refractivity contribution is -0.114. The lowest BCUT2D eigenvalue weighted by Crippen LogP contribution is -2.27. The van der Waals surface area contributed by atoms with Gasteiger partial charge in [0, 0.05) is 23.6 Å². The summed E-state index contributed by atoms with van der Waals surface area (Å²) >= 11 is 3.63. The maximum absolute atomic E-state index is 13.0. The van der Waals surface area contributed by atoms with Crippen molar-refractivity contribution in [1.82, 2.24) is 9.78 Å². The maximum atomic E-state index is 13.0. The summed E-state index contributed by atoms with van der Waals surface area (Å²) in [6.07, 6.45) is 5.27. The van der Waals surface area contributed by atoms with Crippen molar-refractivity contribution >= 4 is 44.5 Å². The molecule has 0 aliphatic heterocycles. The van der Waals surface area contributed by atoms with E-state index in [0.717, 1.165) is 34.0 Å². The SMILES string of the molecule is CC(=O)Nc1cccc(-c2nn(C(=O)OC(C)(C)C)c3cc(Br)c(OC4CCCCC4)cc23)c1. The number of amides is 1. The number of hydrogen-bond donors (Lipinski definition) is 1. The number of carbonyl (C=O) groups is 2. The zero-order chi connectivity index (χ0) is 24.5. The second-order valence-electron chi connectivity index (χ2n) is 9.68. The highest BCUT2D eigenvalue weighted by Crippen LogP contribution is 2.38. The van der Waals surface area contributed by atoms with Crippen molar-refractivity contribution < 1.29 is 19.1 Å². The van der Waals surface area contributed by atoms with E-state index in [1.54, 1.807) is 0 Å². The number of nitrogens with zero attached hydrogens (tertiary/aromatic N) is 2. The molecule has 1 heterocycles. The minimum absolute atomic E-state index is 0.159. The molecule has 7 nitrogen and oxygen atoms in total. The summed E-state index contributed by atoms with van der Waals surface area (Å²) in [6, 6.07) is 11.2. The van der Waals surface area contributed by atoms with Crippen LogP contribution in [0.25, 0.3) is 22.2 Å². The number of nitrogens with one attached hydrogen (secondary N) is 1. The molecular weight excluding hydrogens is 498 g/mol. The first-order valence-electron chi connectivity index (χ1n) is 11.6. The normalized spacial score (nSPS) is 14.7. The van der Waals surface area contributed by atoms with Crippen molar-refractivity contribution in [2.45, 2.75) is 71.5 Å². The van der Waals surface area contributed by atoms with Crippen LogP contribution in [-0.4, -0.2) is 33.5 Å². The third-order valence-electron chi connectivity index (χ3n) is 5.60. The lowest BCUT2D eigenvalue weighted by atomic mass is 9.98. The van der Waals surface area contributed by atoms with Gasteiger partial charge >= 0.3 is 6.09 Å². The van der Waals surface area contributed by atoms with Gasteiger partial charge in [-0.2, -0.15) is 9.78 Å². The Balaban J connectivity index is 1.83. The number of fused-ring (bicyclic) bond motifs is 1. The number of benzene rings is 2. The monoisotopic (exact) mass is 527 g/mol. The average Bonchev–Trinajstić information content (AvgIpc) is 3.12. The van der Waals surface area contributed by atoms with E-state index in [9.17, 15) is 9.59 Å². The molecule has 1 amide bonds. The van der Waals surface area contributed by atoms with Gasteiger partial charge in [0.1, 0.15) is 17.0 Å². The van der Waals surface area contributed by atoms with E-state index in [-0.39, 0.29) is 12.0 Å². The molecule has 8 heteroatoms. The van der Waals surface area contributed by atoms with Crippen LogP contribution in [0.3, 0.4) is 0 Å². The quantitative estimate of drug-likeness (QED) is 0.398. The highest BCUT2D eigenvalue weighted by molar-refractivity contribution is 9.10. The second-order valence-corrected chi connectivity index (χ2v) is 10.5. The second kappa shape index (κ2) is 9.78. The van der Waals surface area contributed by atoms with Gasteiger partial charge in [0.15, 0.2) is 0 Å². The predicted octanol–water partition coefficient (Wildman–Crippen LogP) is 6.92. The Morgan fingerprint density at radius 1 is 1.12 bits per heavy atom. The van der Waals surface area contributed by atoms with E-state index in [1.807, 2.05) is 57.2 Å². The van der Waals surface area contributed by atoms with Gasteiger partial charge in [-0.25, -0.2) is 4.79 Å². The van der Waals surface area contributed by atoms with E-state index in [0.29, 0.717) is 16.9 Å². The van der Waals surface area contributed by atoms with Gasteiger partial charge in [-0.1, -0.05) is 18.6 Å². The molecule has 1 fully saturated rings. The number of rotatable bonds is 4. The van der Waals surface area contributed by atoms with Crippen LogP contribution in [0.15, 0.2) is 40.9 Å². The fourth-order valence-electron chi connectivity index (χ4n) is 4.17. The molecule has 0 saturated heterocycles. The standard InChI is InChI=1S/C26H30BrN3O4/c1-16(31)28-18-10-8-9-17(13-18)24-20-14-23(33-19-11-6-5-7-12-19)21(27)15-22(20)30(29-24)25(32)34-26(2,3)4/h8-10,13-15,19H,5-7,11-12H2,1-4H3,(H,28,31). The molecule has 3 aromatic rings. The number of hydrogen-bond acceptors (Lipinski definition) is 5. The molecule has 1 aliphatic rings. The number of anilines is 1. The van der Waals surface area contributed by atoms with Crippen molar-refractivity contribution in [2.75, 3.05) is 5.32 Å². The Labute approximate surface area is 207 Å². The van der Waals surface area contributed by atoms with Crippen LogP contribution in [0.2, 0.25) is 0 Å². The van der Waals surface area contributed by atoms with Crippen molar-refractivity contribution in [3.8, 4) is 17.0 Å². The first-order valence-corrected chi connectivity index (χ1v) is 12.4. The molecule has 1 aromatic heterocycles. The van der Waals surface area contributed by atoms with Gasteiger partial charge in [0.2, 0.25) is 5.91 Å². The number of ether oxygens (including phenoxy) is 2. The van der Waals surface area contributed by atoms with Gasteiger partial charge in [-0.3, -0.25) is 4.79 Å². The van der Waals surface area contributed by atoms with E-state index in [4.69, 9.17) is 9.47 Å². The van der Waals surface area contributed by atoms with Crippen molar-refractivity contribution in [2.24, 2.45) is 0 Å². The third kappa shape index (κ3) is 5.60. The summed E-state index contributed by atoms with van der Waals surface area (Å²) in [4.78, 5) is 24.6. The molecule has 0 bridgehead atoms. The van der Waals surface area contributed by atoms with E-state index in [2.05, 4.69) is 26.3 Å². The van der Waals surface area contributed by atoms with Crippen LogP contribution >= 0.6 is 15.9 Å². The number of carbonyl (C=O) groups excluding carboxylic acids is 2. The third-order valence-corrected chi connectivity index (χ3v) is 6.22. The van der Waals surface area contributed by atoms with Gasteiger partial charge in [-0.15, -0.1) is 0 Å². The Hall–Kier alpha value is -2.87. The number of aromatic nitrogens is 2.